The van der Waals surface area contributed by atoms with E-state index < -0.39 is 9.84 Å². The van der Waals surface area contributed by atoms with Crippen LogP contribution in [-0.4, -0.2) is 20.9 Å². The summed E-state index contributed by atoms with van der Waals surface area (Å²) in [5, 5.41) is 4.78. The van der Waals surface area contributed by atoms with E-state index in [2.05, 4.69) is 5.32 Å². The van der Waals surface area contributed by atoms with Crippen molar-refractivity contribution in [1.29, 1.82) is 0 Å². The van der Waals surface area contributed by atoms with Gasteiger partial charge in [0.2, 0.25) is 0 Å². The van der Waals surface area contributed by atoms with Gasteiger partial charge in [0.25, 0.3) is 5.91 Å². The van der Waals surface area contributed by atoms with Crippen molar-refractivity contribution >= 4 is 27.1 Å². The molecule has 0 aliphatic heterocycles. The molecule has 1 aromatic carbocycles. The first-order valence-electron chi connectivity index (χ1n) is 8.57. The largest absolute Gasteiger partial charge is 0.455 e. The summed E-state index contributed by atoms with van der Waals surface area (Å²) in [6.45, 7) is 2.39. The van der Waals surface area contributed by atoms with E-state index in [-0.39, 0.29) is 28.9 Å². The normalized spacial score (nSPS) is 11.4. The Labute approximate surface area is 163 Å². The molecule has 27 heavy (non-hydrogen) atoms. The second-order valence-corrected chi connectivity index (χ2v) is 9.41. The molecule has 0 spiro atoms. The van der Waals surface area contributed by atoms with Gasteiger partial charge >= 0.3 is 0 Å². The summed E-state index contributed by atoms with van der Waals surface area (Å²) < 4.78 is 30.3. The molecule has 0 radical (unpaired) electrons. The molecule has 0 atom stereocenters. The Bertz CT molecular complexity index is 1000. The molecule has 0 aliphatic carbocycles. The van der Waals surface area contributed by atoms with Crippen LogP contribution in [0.2, 0.25) is 0 Å². The minimum Gasteiger partial charge on any atom is -0.455 e. The standard InChI is InChI=1S/C20H21NO4S2/c1-15-5-2-3-6-16(15)13-27(23,24)14-17-8-9-19(25-17)20(22)21-11-10-18-7-4-12-26-18/h2-9,12H,10-11,13-14H2,1H3,(H,21,22). The van der Waals surface area contributed by atoms with E-state index in [9.17, 15) is 13.2 Å². The molecular formula is C20H21NO4S2. The summed E-state index contributed by atoms with van der Waals surface area (Å²) in [5.74, 6) is -0.227. The van der Waals surface area contributed by atoms with Crippen molar-refractivity contribution in [3.63, 3.8) is 0 Å². The van der Waals surface area contributed by atoms with Crippen molar-refractivity contribution in [3.8, 4) is 0 Å². The van der Waals surface area contributed by atoms with E-state index in [0.29, 0.717) is 6.54 Å². The van der Waals surface area contributed by atoms with Crippen LogP contribution in [0.3, 0.4) is 0 Å². The van der Waals surface area contributed by atoms with Crippen LogP contribution in [0.5, 0.6) is 0 Å². The van der Waals surface area contributed by atoms with Crippen LogP contribution in [0.4, 0.5) is 0 Å². The maximum absolute atomic E-state index is 12.4. The number of aryl methyl sites for hydroxylation is 1. The number of amides is 1. The highest BCUT2D eigenvalue weighted by Gasteiger charge is 2.18. The fourth-order valence-electron chi connectivity index (χ4n) is 2.70. The van der Waals surface area contributed by atoms with Crippen LogP contribution in [0, 0.1) is 6.92 Å². The van der Waals surface area contributed by atoms with Crippen molar-refractivity contribution in [1.82, 2.24) is 5.32 Å². The Morgan fingerprint density at radius 1 is 1.07 bits per heavy atom. The first-order chi connectivity index (χ1) is 12.9. The van der Waals surface area contributed by atoms with Crippen molar-refractivity contribution < 1.29 is 17.6 Å². The second-order valence-electron chi connectivity index (χ2n) is 6.31. The lowest BCUT2D eigenvalue weighted by atomic mass is 10.1. The maximum Gasteiger partial charge on any atom is 0.287 e. The van der Waals surface area contributed by atoms with Gasteiger partial charge in [-0.2, -0.15) is 0 Å². The predicted octanol–water partition coefficient (Wildman–Crippen LogP) is 3.74. The molecule has 0 aliphatic rings. The molecule has 1 N–H and O–H groups in total. The minimum absolute atomic E-state index is 0.0529. The first kappa shape index (κ1) is 19.4. The summed E-state index contributed by atoms with van der Waals surface area (Å²) in [7, 11) is -3.39. The lowest BCUT2D eigenvalue weighted by Gasteiger charge is -2.06. The topological polar surface area (TPSA) is 76.4 Å². The molecule has 142 valence electrons. The van der Waals surface area contributed by atoms with Crippen LogP contribution < -0.4 is 5.32 Å². The number of thiophene rings is 1. The fraction of sp³-hybridized carbons (Fsp3) is 0.250. The lowest BCUT2D eigenvalue weighted by Crippen LogP contribution is -2.25. The summed E-state index contributed by atoms with van der Waals surface area (Å²) in [6.07, 6.45) is 0.752. The number of hydrogen-bond acceptors (Lipinski definition) is 5. The summed E-state index contributed by atoms with van der Waals surface area (Å²) in [6, 6.07) is 14.4. The van der Waals surface area contributed by atoms with Gasteiger partial charge in [0, 0.05) is 11.4 Å². The third-order valence-corrected chi connectivity index (χ3v) is 6.53. The smallest absolute Gasteiger partial charge is 0.287 e. The van der Waals surface area contributed by atoms with Gasteiger partial charge in [-0.25, -0.2) is 8.42 Å². The van der Waals surface area contributed by atoms with E-state index in [1.807, 2.05) is 48.7 Å². The summed E-state index contributed by atoms with van der Waals surface area (Å²) in [5.41, 5.74) is 1.71. The number of hydrogen-bond donors (Lipinski definition) is 1. The van der Waals surface area contributed by atoms with Gasteiger partial charge in [0.1, 0.15) is 11.5 Å². The summed E-state index contributed by atoms with van der Waals surface area (Å²) in [4.78, 5) is 13.3. The van der Waals surface area contributed by atoms with Crippen LogP contribution in [-0.2, 0) is 27.8 Å². The number of rotatable bonds is 8. The molecule has 3 rings (SSSR count). The molecule has 1 amide bonds. The molecule has 5 nitrogen and oxygen atoms in total. The number of carbonyl (C=O) groups excluding carboxylic acids is 1. The fourth-order valence-corrected chi connectivity index (χ4v) is 4.89. The molecule has 2 heterocycles. The zero-order valence-electron chi connectivity index (χ0n) is 15.0. The van der Waals surface area contributed by atoms with Gasteiger partial charge in [0.05, 0.1) is 5.75 Å². The molecule has 2 aromatic heterocycles. The quantitative estimate of drug-likeness (QED) is 0.622. The number of benzene rings is 1. The zero-order valence-corrected chi connectivity index (χ0v) is 16.6. The number of sulfone groups is 1. The van der Waals surface area contributed by atoms with Gasteiger partial charge in [-0.1, -0.05) is 30.3 Å². The Balaban J connectivity index is 1.56. The zero-order chi connectivity index (χ0) is 19.3. The van der Waals surface area contributed by atoms with E-state index in [1.165, 1.54) is 10.9 Å². The van der Waals surface area contributed by atoms with Gasteiger partial charge in [-0.15, -0.1) is 11.3 Å². The molecular weight excluding hydrogens is 382 g/mol. The lowest BCUT2D eigenvalue weighted by molar-refractivity contribution is 0.0925. The van der Waals surface area contributed by atoms with E-state index in [0.717, 1.165) is 17.5 Å². The molecule has 3 aromatic rings. The molecule has 0 saturated carbocycles. The highest BCUT2D eigenvalue weighted by molar-refractivity contribution is 7.89. The number of furan rings is 1. The Morgan fingerprint density at radius 3 is 2.63 bits per heavy atom. The van der Waals surface area contributed by atoms with Crippen molar-refractivity contribution in [2.24, 2.45) is 0 Å². The van der Waals surface area contributed by atoms with Crippen molar-refractivity contribution in [3.05, 3.63) is 81.4 Å². The van der Waals surface area contributed by atoms with Crippen molar-refractivity contribution in [2.45, 2.75) is 24.9 Å². The molecule has 0 bridgehead atoms. The minimum atomic E-state index is -3.39. The third-order valence-electron chi connectivity index (χ3n) is 4.12. The van der Waals surface area contributed by atoms with Crippen LogP contribution in [0.15, 0.2) is 58.3 Å². The van der Waals surface area contributed by atoms with Gasteiger partial charge < -0.3 is 9.73 Å². The molecule has 0 unspecified atom stereocenters. The maximum atomic E-state index is 12.4. The molecule has 0 fully saturated rings. The number of nitrogens with one attached hydrogen (secondary N) is 1. The van der Waals surface area contributed by atoms with Crippen LogP contribution in [0.25, 0.3) is 0 Å². The average molecular weight is 404 g/mol. The Hall–Kier alpha value is -2.38. The highest BCUT2D eigenvalue weighted by atomic mass is 32.2. The predicted molar refractivity (Wildman–Crippen MR) is 107 cm³/mol. The second kappa shape index (κ2) is 8.54. The molecule has 7 heteroatoms. The van der Waals surface area contributed by atoms with Crippen LogP contribution in [0.1, 0.15) is 32.3 Å². The van der Waals surface area contributed by atoms with E-state index in [4.69, 9.17) is 4.42 Å². The SMILES string of the molecule is Cc1ccccc1CS(=O)(=O)Cc1ccc(C(=O)NCCc2cccs2)o1. The van der Waals surface area contributed by atoms with E-state index >= 15 is 0 Å². The van der Waals surface area contributed by atoms with E-state index in [1.54, 1.807) is 17.4 Å². The third kappa shape index (κ3) is 5.55. The monoisotopic (exact) mass is 403 g/mol. The van der Waals surface area contributed by atoms with Crippen LogP contribution >= 0.6 is 11.3 Å². The van der Waals surface area contributed by atoms with Gasteiger partial charge in [0.15, 0.2) is 15.6 Å². The Kier molecular flexibility index (Phi) is 6.13. The summed E-state index contributed by atoms with van der Waals surface area (Å²) >= 11 is 1.64. The van der Waals surface area contributed by atoms with Gasteiger partial charge in [-0.3, -0.25) is 4.79 Å². The van der Waals surface area contributed by atoms with Gasteiger partial charge in [-0.05, 0) is 48.1 Å². The van der Waals surface area contributed by atoms with Crippen molar-refractivity contribution in [2.75, 3.05) is 6.54 Å². The molecule has 0 saturated heterocycles. The first-order valence-corrected chi connectivity index (χ1v) is 11.3. The Morgan fingerprint density at radius 2 is 1.89 bits per heavy atom. The average Bonchev–Trinajstić information content (AvgIpc) is 3.28. The number of carbonyl (C=O) groups is 1. The highest BCUT2D eigenvalue weighted by Crippen LogP contribution is 2.17.